The van der Waals surface area contributed by atoms with Crippen LogP contribution < -0.4 is 0 Å². The number of unbranched alkanes of at least 4 members (excludes halogenated alkanes) is 7. The fourth-order valence-corrected chi connectivity index (χ4v) is 2.76. The Hall–Kier alpha value is -1.58. The zero-order valence-corrected chi connectivity index (χ0v) is 14.0. The summed E-state index contributed by atoms with van der Waals surface area (Å²) in [6.45, 7) is 3.81. The summed E-state index contributed by atoms with van der Waals surface area (Å²) in [5.41, 5.74) is 0.844. The minimum atomic E-state index is -0.565. The van der Waals surface area contributed by atoms with Gasteiger partial charge in [0.15, 0.2) is 0 Å². The SMILES string of the molecule is CCCCCCCCCCC1=C(C)C(=O)C(O)=C(OC)C1=O. The molecule has 0 aliphatic heterocycles. The van der Waals surface area contributed by atoms with Gasteiger partial charge in [0.25, 0.3) is 0 Å². The first-order chi connectivity index (χ1) is 10.5. The highest BCUT2D eigenvalue weighted by Gasteiger charge is 2.33. The van der Waals surface area contributed by atoms with Crippen molar-refractivity contribution in [3.8, 4) is 0 Å². The Morgan fingerprint density at radius 3 is 2.00 bits per heavy atom. The van der Waals surface area contributed by atoms with Crippen LogP contribution in [-0.2, 0) is 14.3 Å². The summed E-state index contributed by atoms with van der Waals surface area (Å²) in [4.78, 5) is 24.1. The van der Waals surface area contributed by atoms with Crippen LogP contribution in [0.2, 0.25) is 0 Å². The van der Waals surface area contributed by atoms with Crippen LogP contribution in [0.3, 0.4) is 0 Å². The summed E-state index contributed by atoms with van der Waals surface area (Å²) >= 11 is 0. The molecule has 0 fully saturated rings. The Bertz CT molecular complexity index is 471. The largest absolute Gasteiger partial charge is 0.501 e. The van der Waals surface area contributed by atoms with Crippen LogP contribution in [0.4, 0.5) is 0 Å². The zero-order valence-electron chi connectivity index (χ0n) is 14.0. The van der Waals surface area contributed by atoms with Crippen LogP contribution in [0.5, 0.6) is 0 Å². The molecule has 0 heterocycles. The summed E-state index contributed by atoms with van der Waals surface area (Å²) in [7, 11) is 1.30. The zero-order chi connectivity index (χ0) is 16.5. The van der Waals surface area contributed by atoms with Gasteiger partial charge in [-0.3, -0.25) is 9.59 Å². The highest BCUT2D eigenvalue weighted by molar-refractivity contribution is 6.23. The van der Waals surface area contributed by atoms with Crippen molar-refractivity contribution < 1.29 is 19.4 Å². The molecule has 124 valence electrons. The third-order valence-corrected chi connectivity index (χ3v) is 4.19. The normalized spacial score (nSPS) is 15.8. The molecule has 0 amide bonds. The van der Waals surface area contributed by atoms with Gasteiger partial charge in [0, 0.05) is 11.1 Å². The van der Waals surface area contributed by atoms with Crippen molar-refractivity contribution in [2.45, 2.75) is 71.6 Å². The van der Waals surface area contributed by atoms with Gasteiger partial charge in [0.05, 0.1) is 7.11 Å². The van der Waals surface area contributed by atoms with Crippen LogP contribution in [0.15, 0.2) is 22.7 Å². The Labute approximate surface area is 133 Å². The van der Waals surface area contributed by atoms with E-state index in [2.05, 4.69) is 6.92 Å². The van der Waals surface area contributed by atoms with E-state index in [9.17, 15) is 14.7 Å². The first-order valence-electron chi connectivity index (χ1n) is 8.30. The molecule has 1 N–H and O–H groups in total. The summed E-state index contributed by atoms with van der Waals surface area (Å²) in [6.07, 6.45) is 10.0. The molecule has 1 rings (SSSR count). The molecule has 1 aliphatic carbocycles. The molecule has 0 aromatic heterocycles. The molecular formula is C18H28O4. The van der Waals surface area contributed by atoms with Crippen molar-refractivity contribution in [1.29, 1.82) is 0 Å². The fourth-order valence-electron chi connectivity index (χ4n) is 2.76. The summed E-state index contributed by atoms with van der Waals surface area (Å²) in [6, 6.07) is 0. The molecule has 0 saturated heterocycles. The van der Waals surface area contributed by atoms with Crippen molar-refractivity contribution in [3.05, 3.63) is 22.7 Å². The topological polar surface area (TPSA) is 63.6 Å². The van der Waals surface area contributed by atoms with Crippen molar-refractivity contribution in [1.82, 2.24) is 0 Å². The lowest BCUT2D eigenvalue weighted by atomic mass is 9.89. The quantitative estimate of drug-likeness (QED) is 0.480. The van der Waals surface area contributed by atoms with E-state index in [1.165, 1.54) is 39.2 Å². The smallest absolute Gasteiger partial charge is 0.227 e. The van der Waals surface area contributed by atoms with Crippen LogP contribution in [0.25, 0.3) is 0 Å². The third-order valence-electron chi connectivity index (χ3n) is 4.19. The van der Waals surface area contributed by atoms with Gasteiger partial charge >= 0.3 is 0 Å². The number of aliphatic hydroxyl groups excluding tert-OH is 1. The maximum absolute atomic E-state index is 12.2. The number of allylic oxidation sites excluding steroid dienone is 2. The maximum atomic E-state index is 12.2. The highest BCUT2D eigenvalue weighted by atomic mass is 16.5. The van der Waals surface area contributed by atoms with Gasteiger partial charge in [0.1, 0.15) is 0 Å². The maximum Gasteiger partial charge on any atom is 0.227 e. The van der Waals surface area contributed by atoms with E-state index in [0.717, 1.165) is 19.3 Å². The van der Waals surface area contributed by atoms with Gasteiger partial charge < -0.3 is 9.84 Å². The van der Waals surface area contributed by atoms with E-state index in [4.69, 9.17) is 4.74 Å². The van der Waals surface area contributed by atoms with Crippen LogP contribution in [0.1, 0.15) is 71.6 Å². The number of carbonyl (C=O) groups excluding carboxylic acids is 2. The van der Waals surface area contributed by atoms with E-state index in [-0.39, 0.29) is 11.5 Å². The lowest BCUT2D eigenvalue weighted by Crippen LogP contribution is -2.24. The molecule has 4 nitrogen and oxygen atoms in total. The lowest BCUT2D eigenvalue weighted by Gasteiger charge is -2.18. The number of methoxy groups -OCH3 is 1. The summed E-state index contributed by atoms with van der Waals surface area (Å²) in [5.74, 6) is -1.62. The van der Waals surface area contributed by atoms with Crippen LogP contribution in [-0.4, -0.2) is 23.8 Å². The highest BCUT2D eigenvalue weighted by Crippen LogP contribution is 2.27. The van der Waals surface area contributed by atoms with Gasteiger partial charge in [-0.25, -0.2) is 0 Å². The third kappa shape index (κ3) is 4.72. The molecule has 0 saturated carbocycles. The molecule has 1 aliphatic rings. The van der Waals surface area contributed by atoms with Gasteiger partial charge in [0.2, 0.25) is 23.1 Å². The van der Waals surface area contributed by atoms with Gasteiger partial charge in [-0.2, -0.15) is 0 Å². The Kier molecular flexibility index (Phi) is 7.92. The second-order valence-electron chi connectivity index (χ2n) is 5.87. The molecule has 22 heavy (non-hydrogen) atoms. The summed E-state index contributed by atoms with van der Waals surface area (Å²) < 4.78 is 4.87. The number of aliphatic hydroxyl groups is 1. The average molecular weight is 308 g/mol. The predicted molar refractivity (Wildman–Crippen MR) is 86.6 cm³/mol. The van der Waals surface area contributed by atoms with E-state index in [1.54, 1.807) is 6.92 Å². The number of ketones is 2. The van der Waals surface area contributed by atoms with Crippen LogP contribution in [0, 0.1) is 0 Å². The van der Waals surface area contributed by atoms with Crippen molar-refractivity contribution >= 4 is 11.6 Å². The molecule has 0 spiro atoms. The minimum Gasteiger partial charge on any atom is -0.501 e. The van der Waals surface area contributed by atoms with Crippen LogP contribution >= 0.6 is 0 Å². The van der Waals surface area contributed by atoms with Gasteiger partial charge in [-0.1, -0.05) is 51.9 Å². The predicted octanol–water partition coefficient (Wildman–Crippen LogP) is 4.40. The van der Waals surface area contributed by atoms with E-state index in [0.29, 0.717) is 17.6 Å². The Morgan fingerprint density at radius 1 is 0.909 bits per heavy atom. The first-order valence-corrected chi connectivity index (χ1v) is 8.30. The molecule has 4 heteroatoms. The Balaban J connectivity index is 2.42. The molecule has 0 aromatic rings. The fraction of sp³-hybridized carbons (Fsp3) is 0.667. The van der Waals surface area contributed by atoms with Gasteiger partial charge in [-0.15, -0.1) is 0 Å². The molecule has 0 aromatic carbocycles. The molecule has 0 bridgehead atoms. The number of ether oxygens (including phenoxy) is 1. The minimum absolute atomic E-state index is 0.217. The molecule has 0 unspecified atom stereocenters. The molecule has 0 radical (unpaired) electrons. The number of carbonyl (C=O) groups is 2. The summed E-state index contributed by atoms with van der Waals surface area (Å²) in [5, 5.41) is 9.66. The number of hydrogen-bond donors (Lipinski definition) is 1. The second kappa shape index (κ2) is 9.44. The lowest BCUT2D eigenvalue weighted by molar-refractivity contribution is -0.120. The van der Waals surface area contributed by atoms with E-state index in [1.807, 2.05) is 0 Å². The Morgan fingerprint density at radius 2 is 1.45 bits per heavy atom. The number of hydrogen-bond acceptors (Lipinski definition) is 4. The van der Waals surface area contributed by atoms with E-state index >= 15 is 0 Å². The van der Waals surface area contributed by atoms with Gasteiger partial charge in [-0.05, 0) is 19.8 Å². The monoisotopic (exact) mass is 308 g/mol. The molecular weight excluding hydrogens is 280 g/mol. The average Bonchev–Trinajstić information content (AvgIpc) is 2.51. The van der Waals surface area contributed by atoms with Crippen molar-refractivity contribution in [2.24, 2.45) is 0 Å². The molecule has 0 atom stereocenters. The van der Waals surface area contributed by atoms with E-state index < -0.39 is 11.5 Å². The number of Topliss-reactive ketones (excluding diaryl/α,β-unsaturated/α-hetero) is 2. The number of rotatable bonds is 10. The second-order valence-corrected chi connectivity index (χ2v) is 5.87. The standard InChI is InChI=1S/C18H28O4/c1-4-5-6-7-8-9-10-11-12-14-13(2)15(19)17(21)18(22-3)16(14)20/h21H,4-12H2,1-3H3. The van der Waals surface area contributed by atoms with Crippen molar-refractivity contribution in [3.63, 3.8) is 0 Å². The first kappa shape index (κ1) is 18.5. The van der Waals surface area contributed by atoms with Crippen molar-refractivity contribution in [2.75, 3.05) is 7.11 Å².